The molecule has 1 aliphatic rings. The molecule has 0 amide bonds. The van der Waals surface area contributed by atoms with E-state index in [1.165, 1.54) is 0 Å². The van der Waals surface area contributed by atoms with Crippen LogP contribution in [0, 0.1) is 0 Å². The fourth-order valence-electron chi connectivity index (χ4n) is 2.42. The molecule has 1 saturated heterocycles. The van der Waals surface area contributed by atoms with Crippen LogP contribution in [-0.4, -0.2) is 60.4 Å². The lowest BCUT2D eigenvalue weighted by Crippen LogP contribution is -2.50. The van der Waals surface area contributed by atoms with Crippen LogP contribution in [0.3, 0.4) is 0 Å². The Morgan fingerprint density at radius 3 is 2.58 bits per heavy atom. The summed E-state index contributed by atoms with van der Waals surface area (Å²) in [6.45, 7) is 8.29. The van der Waals surface area contributed by atoms with E-state index in [4.69, 9.17) is 4.74 Å². The molecule has 1 aromatic rings. The lowest BCUT2D eigenvalue weighted by Gasteiger charge is -2.38. The number of ether oxygens (including phenoxy) is 1. The van der Waals surface area contributed by atoms with E-state index in [9.17, 15) is 5.11 Å². The maximum absolute atomic E-state index is 9.84. The molecule has 1 aliphatic heterocycles. The molecule has 2 heterocycles. The van der Waals surface area contributed by atoms with Gasteiger partial charge in [-0.05, 0) is 19.9 Å². The Bertz CT molecular complexity index is 409. The number of methoxy groups -OCH3 is 1. The van der Waals surface area contributed by atoms with Gasteiger partial charge in [0.15, 0.2) is 0 Å². The Balaban J connectivity index is 1.92. The molecule has 2 rings (SSSR count). The van der Waals surface area contributed by atoms with Gasteiger partial charge in [-0.15, -0.1) is 0 Å². The third-order valence-electron chi connectivity index (χ3n) is 3.28. The van der Waals surface area contributed by atoms with Gasteiger partial charge >= 0.3 is 0 Å². The highest BCUT2D eigenvalue weighted by molar-refractivity contribution is 5.48. The predicted molar refractivity (Wildman–Crippen MR) is 75.7 cm³/mol. The van der Waals surface area contributed by atoms with Crippen LogP contribution in [0.25, 0.3) is 0 Å². The molecule has 1 fully saturated rings. The topological polar surface area (TPSA) is 48.8 Å². The summed E-state index contributed by atoms with van der Waals surface area (Å²) in [6, 6.07) is 3.97. The largest absolute Gasteiger partial charge is 0.481 e. The van der Waals surface area contributed by atoms with Crippen molar-refractivity contribution in [3.63, 3.8) is 0 Å². The van der Waals surface area contributed by atoms with E-state index in [0.717, 1.165) is 38.4 Å². The van der Waals surface area contributed by atoms with Gasteiger partial charge in [-0.25, -0.2) is 4.98 Å². The van der Waals surface area contributed by atoms with Crippen molar-refractivity contribution in [3.05, 3.63) is 18.3 Å². The van der Waals surface area contributed by atoms with Crippen molar-refractivity contribution in [1.82, 2.24) is 9.88 Å². The zero-order valence-corrected chi connectivity index (χ0v) is 12.0. The zero-order chi connectivity index (χ0) is 13.9. The maximum Gasteiger partial charge on any atom is 0.214 e. The lowest BCUT2D eigenvalue weighted by molar-refractivity contribution is 0.0345. The van der Waals surface area contributed by atoms with Crippen LogP contribution in [0.15, 0.2) is 18.3 Å². The van der Waals surface area contributed by atoms with Gasteiger partial charge in [-0.2, -0.15) is 0 Å². The lowest BCUT2D eigenvalue weighted by atomic mass is 10.1. The first-order valence-corrected chi connectivity index (χ1v) is 6.68. The zero-order valence-electron chi connectivity index (χ0n) is 12.0. The van der Waals surface area contributed by atoms with E-state index < -0.39 is 5.60 Å². The Morgan fingerprint density at radius 2 is 2.00 bits per heavy atom. The number of piperazine rings is 1. The van der Waals surface area contributed by atoms with Gasteiger partial charge in [-0.3, -0.25) is 4.90 Å². The number of β-amino-alcohol motifs (C(OH)–C–C–N with tert-alkyl or cyclic N) is 1. The molecule has 0 unspecified atom stereocenters. The van der Waals surface area contributed by atoms with E-state index in [0.29, 0.717) is 5.88 Å². The number of anilines is 1. The van der Waals surface area contributed by atoms with Gasteiger partial charge in [0.05, 0.1) is 12.7 Å². The van der Waals surface area contributed by atoms with Gasteiger partial charge in [0.25, 0.3) is 0 Å². The third-order valence-corrected chi connectivity index (χ3v) is 3.28. The summed E-state index contributed by atoms with van der Waals surface area (Å²) >= 11 is 0. The molecule has 0 aliphatic carbocycles. The summed E-state index contributed by atoms with van der Waals surface area (Å²) < 4.78 is 5.15. The third kappa shape index (κ3) is 4.08. The number of hydrogen-bond donors (Lipinski definition) is 1. The van der Waals surface area contributed by atoms with Crippen LogP contribution in [0.2, 0.25) is 0 Å². The molecule has 5 nitrogen and oxygen atoms in total. The van der Waals surface area contributed by atoms with E-state index in [1.54, 1.807) is 13.3 Å². The molecular formula is C14H23N3O2. The molecule has 1 N–H and O–H groups in total. The number of rotatable bonds is 4. The summed E-state index contributed by atoms with van der Waals surface area (Å²) in [7, 11) is 1.63. The van der Waals surface area contributed by atoms with Gasteiger partial charge in [-0.1, -0.05) is 0 Å². The van der Waals surface area contributed by atoms with Crippen molar-refractivity contribution in [3.8, 4) is 5.88 Å². The number of nitrogens with zero attached hydrogens (tertiary/aromatic N) is 3. The summed E-state index contributed by atoms with van der Waals surface area (Å²) in [6.07, 6.45) is 1.78. The molecule has 0 atom stereocenters. The van der Waals surface area contributed by atoms with Crippen LogP contribution in [-0.2, 0) is 0 Å². The van der Waals surface area contributed by atoms with E-state index >= 15 is 0 Å². The molecule has 5 heteroatoms. The van der Waals surface area contributed by atoms with Crippen LogP contribution in [0.1, 0.15) is 13.8 Å². The van der Waals surface area contributed by atoms with E-state index in [1.807, 2.05) is 26.0 Å². The molecule has 1 aromatic heterocycles. The summed E-state index contributed by atoms with van der Waals surface area (Å²) in [4.78, 5) is 8.75. The average molecular weight is 265 g/mol. The van der Waals surface area contributed by atoms with Crippen LogP contribution in [0.4, 0.5) is 5.69 Å². The van der Waals surface area contributed by atoms with E-state index in [-0.39, 0.29) is 0 Å². The number of aromatic nitrogens is 1. The Kier molecular flexibility index (Phi) is 4.27. The molecule has 19 heavy (non-hydrogen) atoms. The van der Waals surface area contributed by atoms with Crippen LogP contribution < -0.4 is 9.64 Å². The number of hydrogen-bond acceptors (Lipinski definition) is 5. The SMILES string of the molecule is COc1cc(N2CCN(CC(C)(C)O)CC2)ccn1. The van der Waals surface area contributed by atoms with Crippen LogP contribution >= 0.6 is 0 Å². The minimum Gasteiger partial charge on any atom is -0.481 e. The minimum absolute atomic E-state index is 0.623. The smallest absolute Gasteiger partial charge is 0.214 e. The molecule has 0 radical (unpaired) electrons. The molecule has 0 bridgehead atoms. The highest BCUT2D eigenvalue weighted by Gasteiger charge is 2.22. The van der Waals surface area contributed by atoms with Gasteiger partial charge in [0.1, 0.15) is 0 Å². The highest BCUT2D eigenvalue weighted by atomic mass is 16.5. The van der Waals surface area contributed by atoms with Crippen molar-refractivity contribution in [1.29, 1.82) is 0 Å². The molecule has 0 aromatic carbocycles. The maximum atomic E-state index is 9.84. The summed E-state index contributed by atoms with van der Waals surface area (Å²) in [5.74, 6) is 0.649. The first-order chi connectivity index (χ1) is 8.98. The van der Waals surface area contributed by atoms with Crippen molar-refractivity contribution >= 4 is 5.69 Å². The summed E-state index contributed by atoms with van der Waals surface area (Å²) in [5.41, 5.74) is 0.525. The first kappa shape index (κ1) is 14.1. The molecule has 0 spiro atoms. The fraction of sp³-hybridized carbons (Fsp3) is 0.643. The van der Waals surface area contributed by atoms with Gasteiger partial charge in [0, 0.05) is 50.7 Å². The standard InChI is InChI=1S/C14H23N3O2/c1-14(2,18)11-16-6-8-17(9-7-16)12-4-5-15-13(10-12)19-3/h4-5,10,18H,6-9,11H2,1-3H3. The second-order valence-corrected chi connectivity index (χ2v) is 5.63. The van der Waals surface area contributed by atoms with Crippen molar-refractivity contribution in [2.75, 3.05) is 44.7 Å². The fourth-order valence-corrected chi connectivity index (χ4v) is 2.42. The Labute approximate surface area is 114 Å². The second kappa shape index (κ2) is 5.75. The molecule has 106 valence electrons. The first-order valence-electron chi connectivity index (χ1n) is 6.68. The molecule has 0 saturated carbocycles. The van der Waals surface area contributed by atoms with E-state index in [2.05, 4.69) is 14.8 Å². The van der Waals surface area contributed by atoms with Crippen molar-refractivity contribution in [2.45, 2.75) is 19.4 Å². The van der Waals surface area contributed by atoms with Crippen LogP contribution in [0.5, 0.6) is 5.88 Å². The average Bonchev–Trinajstić information content (AvgIpc) is 2.38. The molecular weight excluding hydrogens is 242 g/mol. The number of pyridine rings is 1. The van der Waals surface area contributed by atoms with Crippen molar-refractivity contribution < 1.29 is 9.84 Å². The quantitative estimate of drug-likeness (QED) is 0.879. The number of aliphatic hydroxyl groups is 1. The Hall–Kier alpha value is -1.33. The normalized spacial score (nSPS) is 17.6. The van der Waals surface area contributed by atoms with Crippen molar-refractivity contribution in [2.24, 2.45) is 0 Å². The minimum atomic E-state index is -0.623. The highest BCUT2D eigenvalue weighted by Crippen LogP contribution is 2.20. The van der Waals surface area contributed by atoms with Gasteiger partial charge in [0.2, 0.25) is 5.88 Å². The predicted octanol–water partition coefficient (Wildman–Crippen LogP) is 0.983. The second-order valence-electron chi connectivity index (χ2n) is 5.63. The Morgan fingerprint density at radius 1 is 1.32 bits per heavy atom. The van der Waals surface area contributed by atoms with Gasteiger partial charge < -0.3 is 14.7 Å². The monoisotopic (exact) mass is 265 g/mol. The summed E-state index contributed by atoms with van der Waals surface area (Å²) in [5, 5.41) is 9.84.